The molecule has 1 aromatic carbocycles. The van der Waals surface area contributed by atoms with Crippen LogP contribution in [0.15, 0.2) is 37.9 Å². The van der Waals surface area contributed by atoms with Crippen molar-refractivity contribution in [1.82, 2.24) is 0 Å². The summed E-state index contributed by atoms with van der Waals surface area (Å²) in [6.07, 6.45) is 9.40. The standard InChI is InChI=1S/C18H22Br2S/c1-2-3-4-5-6-7-8-14-9-11-15(12-10-14)16-13-17(19)21-18(16)20/h9-13H,2-8H2,1H3. The van der Waals surface area contributed by atoms with Crippen molar-refractivity contribution in [2.45, 2.75) is 51.9 Å². The lowest BCUT2D eigenvalue weighted by atomic mass is 10.0. The van der Waals surface area contributed by atoms with E-state index in [1.54, 1.807) is 11.3 Å². The first kappa shape index (κ1) is 17.2. The van der Waals surface area contributed by atoms with Gasteiger partial charge in [-0.05, 0) is 61.9 Å². The lowest BCUT2D eigenvalue weighted by Crippen LogP contribution is -1.86. The van der Waals surface area contributed by atoms with Crippen LogP contribution in [0.4, 0.5) is 0 Å². The van der Waals surface area contributed by atoms with Crippen LogP contribution < -0.4 is 0 Å². The van der Waals surface area contributed by atoms with Gasteiger partial charge < -0.3 is 0 Å². The number of hydrogen-bond donors (Lipinski definition) is 0. The minimum Gasteiger partial charge on any atom is -0.121 e. The number of halogens is 2. The van der Waals surface area contributed by atoms with Gasteiger partial charge in [0.05, 0.1) is 7.57 Å². The van der Waals surface area contributed by atoms with E-state index in [1.807, 2.05) is 0 Å². The summed E-state index contributed by atoms with van der Waals surface area (Å²) >= 11 is 8.90. The van der Waals surface area contributed by atoms with Gasteiger partial charge in [0.2, 0.25) is 0 Å². The van der Waals surface area contributed by atoms with Crippen LogP contribution in [-0.2, 0) is 6.42 Å². The lowest BCUT2D eigenvalue weighted by molar-refractivity contribution is 0.607. The van der Waals surface area contributed by atoms with E-state index in [-0.39, 0.29) is 0 Å². The van der Waals surface area contributed by atoms with E-state index in [0.29, 0.717) is 0 Å². The summed E-state index contributed by atoms with van der Waals surface area (Å²) in [7, 11) is 0. The van der Waals surface area contributed by atoms with Gasteiger partial charge >= 0.3 is 0 Å². The van der Waals surface area contributed by atoms with Crippen molar-refractivity contribution in [1.29, 1.82) is 0 Å². The second kappa shape index (κ2) is 9.12. The second-order valence-electron chi connectivity index (χ2n) is 5.45. The molecule has 2 rings (SSSR count). The van der Waals surface area contributed by atoms with Crippen molar-refractivity contribution in [3.8, 4) is 11.1 Å². The molecule has 114 valence electrons. The summed E-state index contributed by atoms with van der Waals surface area (Å²) in [5.41, 5.74) is 4.02. The monoisotopic (exact) mass is 428 g/mol. The molecule has 2 aromatic rings. The van der Waals surface area contributed by atoms with Gasteiger partial charge in [-0.2, -0.15) is 0 Å². The maximum atomic E-state index is 3.63. The molecular formula is C18H22Br2S. The molecule has 0 aliphatic rings. The molecule has 0 saturated carbocycles. The highest BCUT2D eigenvalue weighted by Crippen LogP contribution is 2.38. The summed E-state index contributed by atoms with van der Waals surface area (Å²) in [4.78, 5) is 0. The van der Waals surface area contributed by atoms with Crippen LogP contribution in [0.3, 0.4) is 0 Å². The van der Waals surface area contributed by atoms with Gasteiger partial charge in [0.15, 0.2) is 0 Å². The van der Waals surface area contributed by atoms with Crippen molar-refractivity contribution >= 4 is 43.2 Å². The third-order valence-corrected chi connectivity index (χ3v) is 6.08. The third kappa shape index (κ3) is 5.54. The number of aryl methyl sites for hydroxylation is 1. The smallest absolute Gasteiger partial charge is 0.0788 e. The fourth-order valence-electron chi connectivity index (χ4n) is 2.50. The fraction of sp³-hybridized carbons (Fsp3) is 0.444. The van der Waals surface area contributed by atoms with Gasteiger partial charge in [-0.15, -0.1) is 11.3 Å². The summed E-state index contributed by atoms with van der Waals surface area (Å²) in [6.45, 7) is 2.27. The van der Waals surface area contributed by atoms with E-state index in [4.69, 9.17) is 0 Å². The predicted octanol–water partition coefficient (Wildman–Crippen LogP) is 7.84. The normalized spacial score (nSPS) is 11.0. The lowest BCUT2D eigenvalue weighted by Gasteiger charge is -2.04. The van der Waals surface area contributed by atoms with Crippen molar-refractivity contribution in [2.24, 2.45) is 0 Å². The van der Waals surface area contributed by atoms with Crippen molar-refractivity contribution in [2.75, 3.05) is 0 Å². The summed E-state index contributed by atoms with van der Waals surface area (Å²) in [5, 5.41) is 0. The van der Waals surface area contributed by atoms with E-state index in [1.165, 1.54) is 69.2 Å². The molecule has 3 heteroatoms. The predicted molar refractivity (Wildman–Crippen MR) is 102 cm³/mol. The van der Waals surface area contributed by atoms with E-state index in [2.05, 4.69) is 69.1 Å². The number of rotatable bonds is 8. The number of unbranched alkanes of at least 4 members (excludes halogenated alkanes) is 5. The van der Waals surface area contributed by atoms with Crippen LogP contribution >= 0.6 is 43.2 Å². The Bertz CT molecular complexity index is 543. The van der Waals surface area contributed by atoms with Crippen LogP contribution in [0, 0.1) is 0 Å². The third-order valence-electron chi connectivity index (χ3n) is 3.74. The zero-order valence-electron chi connectivity index (χ0n) is 12.5. The first-order chi connectivity index (χ1) is 10.2. The SMILES string of the molecule is CCCCCCCCc1ccc(-c2cc(Br)sc2Br)cc1. The molecule has 0 radical (unpaired) electrons. The molecule has 21 heavy (non-hydrogen) atoms. The zero-order valence-corrected chi connectivity index (χ0v) is 16.5. The van der Waals surface area contributed by atoms with Gasteiger partial charge in [-0.1, -0.05) is 63.3 Å². The minimum absolute atomic E-state index is 1.17. The first-order valence-electron chi connectivity index (χ1n) is 7.75. The highest BCUT2D eigenvalue weighted by Gasteiger charge is 2.07. The van der Waals surface area contributed by atoms with Gasteiger partial charge in [-0.25, -0.2) is 0 Å². The summed E-state index contributed by atoms with van der Waals surface area (Å²) in [6, 6.07) is 11.2. The van der Waals surface area contributed by atoms with Crippen LogP contribution in [0.5, 0.6) is 0 Å². The molecule has 0 atom stereocenters. The molecule has 1 aromatic heterocycles. The quantitative estimate of drug-likeness (QED) is 0.374. The molecule has 0 saturated heterocycles. The molecule has 0 nitrogen and oxygen atoms in total. The largest absolute Gasteiger partial charge is 0.121 e. The van der Waals surface area contributed by atoms with Crippen LogP contribution in [-0.4, -0.2) is 0 Å². The summed E-state index contributed by atoms with van der Waals surface area (Å²) in [5.74, 6) is 0. The van der Waals surface area contributed by atoms with Crippen molar-refractivity contribution in [3.05, 3.63) is 43.5 Å². The Kier molecular flexibility index (Phi) is 7.48. The molecule has 0 spiro atoms. The Hall–Kier alpha value is -0.120. The van der Waals surface area contributed by atoms with Gasteiger partial charge in [-0.3, -0.25) is 0 Å². The molecule has 0 unspecified atom stereocenters. The Morgan fingerprint density at radius 2 is 1.57 bits per heavy atom. The number of hydrogen-bond acceptors (Lipinski definition) is 1. The van der Waals surface area contributed by atoms with E-state index >= 15 is 0 Å². The molecule has 0 N–H and O–H groups in total. The van der Waals surface area contributed by atoms with Crippen molar-refractivity contribution in [3.63, 3.8) is 0 Å². The topological polar surface area (TPSA) is 0 Å². The fourth-order valence-corrected chi connectivity index (χ4v) is 5.36. The van der Waals surface area contributed by atoms with Crippen LogP contribution in [0.25, 0.3) is 11.1 Å². The Morgan fingerprint density at radius 3 is 2.19 bits per heavy atom. The number of thiophene rings is 1. The Labute approximate surface area is 149 Å². The highest BCUT2D eigenvalue weighted by atomic mass is 79.9. The van der Waals surface area contributed by atoms with E-state index in [0.717, 1.165) is 0 Å². The molecule has 0 aliphatic carbocycles. The molecule has 1 heterocycles. The van der Waals surface area contributed by atoms with E-state index < -0.39 is 0 Å². The highest BCUT2D eigenvalue weighted by molar-refractivity contribution is 9.12. The molecular weight excluding hydrogens is 408 g/mol. The van der Waals surface area contributed by atoms with Gasteiger partial charge in [0.25, 0.3) is 0 Å². The van der Waals surface area contributed by atoms with Crippen LogP contribution in [0.1, 0.15) is 51.0 Å². The summed E-state index contributed by atoms with van der Waals surface area (Å²) < 4.78 is 2.36. The Morgan fingerprint density at radius 1 is 0.905 bits per heavy atom. The van der Waals surface area contributed by atoms with Crippen LogP contribution in [0.2, 0.25) is 0 Å². The number of benzene rings is 1. The molecule has 0 bridgehead atoms. The first-order valence-corrected chi connectivity index (χ1v) is 10.1. The molecule has 0 fully saturated rings. The zero-order chi connectivity index (χ0) is 15.1. The minimum atomic E-state index is 1.17. The second-order valence-corrected chi connectivity index (χ2v) is 9.20. The van der Waals surface area contributed by atoms with Gasteiger partial charge in [0, 0.05) is 5.56 Å². The van der Waals surface area contributed by atoms with Gasteiger partial charge in [0.1, 0.15) is 0 Å². The van der Waals surface area contributed by atoms with Crippen molar-refractivity contribution < 1.29 is 0 Å². The molecule has 0 amide bonds. The molecule has 0 aliphatic heterocycles. The average molecular weight is 430 g/mol. The van der Waals surface area contributed by atoms with E-state index in [9.17, 15) is 0 Å². The average Bonchev–Trinajstić information content (AvgIpc) is 2.82. The maximum absolute atomic E-state index is 3.63. The Balaban J connectivity index is 1.83. The maximum Gasteiger partial charge on any atom is 0.0788 e.